The summed E-state index contributed by atoms with van der Waals surface area (Å²) in [6.45, 7) is 2.10. The van der Waals surface area contributed by atoms with Crippen molar-refractivity contribution in [3.8, 4) is 0 Å². The number of hydrogen-bond donors (Lipinski definition) is 2. The third kappa shape index (κ3) is 4.15. The number of aliphatic carboxylic acids is 1. The number of carbonyl (C=O) groups is 3. The summed E-state index contributed by atoms with van der Waals surface area (Å²) in [5.41, 5.74) is 2.21. The summed E-state index contributed by atoms with van der Waals surface area (Å²) < 4.78 is 0. The van der Waals surface area contributed by atoms with Crippen molar-refractivity contribution < 1.29 is 19.5 Å². The second kappa shape index (κ2) is 8.21. The molecule has 140 valence electrons. The Balaban J connectivity index is 1.36. The largest absolute Gasteiger partial charge is 0.481 e. The number of fused-ring (bicyclic) bond motifs is 1. The summed E-state index contributed by atoms with van der Waals surface area (Å²) in [6.07, 6.45) is 2.88. The molecule has 0 radical (unpaired) electrons. The summed E-state index contributed by atoms with van der Waals surface area (Å²) in [6, 6.07) is 7.78. The molecule has 0 aliphatic carbocycles. The van der Waals surface area contributed by atoms with E-state index in [1.165, 1.54) is 5.56 Å². The summed E-state index contributed by atoms with van der Waals surface area (Å²) >= 11 is 0. The van der Waals surface area contributed by atoms with Gasteiger partial charge >= 0.3 is 12.0 Å². The highest BCUT2D eigenvalue weighted by Crippen LogP contribution is 2.28. The topological polar surface area (TPSA) is 90.0 Å². The van der Waals surface area contributed by atoms with Crippen LogP contribution in [0.5, 0.6) is 0 Å². The van der Waals surface area contributed by atoms with E-state index in [1.54, 1.807) is 4.90 Å². The van der Waals surface area contributed by atoms with Crippen LogP contribution in [0.4, 0.5) is 10.5 Å². The van der Waals surface area contributed by atoms with Crippen LogP contribution in [0.2, 0.25) is 0 Å². The number of nitrogens with one attached hydrogen (secondary N) is 1. The normalized spacial score (nSPS) is 17.1. The van der Waals surface area contributed by atoms with Gasteiger partial charge in [-0.05, 0) is 37.3 Å². The standard InChI is InChI=1S/C19H25N3O4/c23-17(22-13-9-14-4-1-2-5-16(14)22)6-3-10-20-19(26)21-11-7-15(8-12-21)18(24)25/h1-2,4-5,15H,3,6-13H2,(H,20,26)(H,24,25). The highest BCUT2D eigenvalue weighted by Gasteiger charge is 2.27. The first kappa shape index (κ1) is 18.2. The van der Waals surface area contributed by atoms with Crippen molar-refractivity contribution in [3.05, 3.63) is 29.8 Å². The van der Waals surface area contributed by atoms with Crippen molar-refractivity contribution in [3.63, 3.8) is 0 Å². The molecule has 0 saturated carbocycles. The molecule has 3 rings (SSSR count). The zero-order chi connectivity index (χ0) is 18.5. The van der Waals surface area contributed by atoms with E-state index in [0.29, 0.717) is 45.3 Å². The van der Waals surface area contributed by atoms with Gasteiger partial charge in [0.15, 0.2) is 0 Å². The first-order chi connectivity index (χ1) is 12.6. The van der Waals surface area contributed by atoms with Crippen molar-refractivity contribution in [2.45, 2.75) is 32.1 Å². The van der Waals surface area contributed by atoms with Crippen LogP contribution in [0.15, 0.2) is 24.3 Å². The molecule has 0 bridgehead atoms. The van der Waals surface area contributed by atoms with Gasteiger partial charge in [0.2, 0.25) is 5.91 Å². The average molecular weight is 359 g/mol. The van der Waals surface area contributed by atoms with Crippen LogP contribution >= 0.6 is 0 Å². The molecule has 3 amide bonds. The molecule has 7 nitrogen and oxygen atoms in total. The van der Waals surface area contributed by atoms with E-state index in [1.807, 2.05) is 23.1 Å². The number of para-hydroxylation sites is 1. The van der Waals surface area contributed by atoms with Gasteiger partial charge in [-0.2, -0.15) is 0 Å². The molecule has 0 spiro atoms. The molecule has 1 aromatic rings. The van der Waals surface area contributed by atoms with Gasteiger partial charge in [-0.1, -0.05) is 18.2 Å². The third-order valence-corrected chi connectivity index (χ3v) is 5.16. The predicted molar refractivity (Wildman–Crippen MR) is 97.1 cm³/mol. The third-order valence-electron chi connectivity index (χ3n) is 5.16. The van der Waals surface area contributed by atoms with Gasteiger partial charge in [0.25, 0.3) is 0 Å². The van der Waals surface area contributed by atoms with Gasteiger partial charge in [-0.25, -0.2) is 4.79 Å². The van der Waals surface area contributed by atoms with Gasteiger partial charge < -0.3 is 20.2 Å². The minimum Gasteiger partial charge on any atom is -0.481 e. The van der Waals surface area contributed by atoms with E-state index < -0.39 is 5.97 Å². The van der Waals surface area contributed by atoms with Gasteiger partial charge in [-0.3, -0.25) is 9.59 Å². The first-order valence-corrected chi connectivity index (χ1v) is 9.20. The van der Waals surface area contributed by atoms with Crippen molar-refractivity contribution in [1.82, 2.24) is 10.2 Å². The lowest BCUT2D eigenvalue weighted by atomic mass is 9.97. The molecule has 0 unspecified atom stereocenters. The van der Waals surface area contributed by atoms with Crippen molar-refractivity contribution in [1.29, 1.82) is 0 Å². The number of carboxylic acids is 1. The summed E-state index contributed by atoms with van der Waals surface area (Å²) in [5, 5.41) is 11.8. The summed E-state index contributed by atoms with van der Waals surface area (Å²) in [4.78, 5) is 38.9. The van der Waals surface area contributed by atoms with Crippen LogP contribution in [-0.2, 0) is 16.0 Å². The molecule has 26 heavy (non-hydrogen) atoms. The summed E-state index contributed by atoms with van der Waals surface area (Å²) in [5.74, 6) is -1.04. The Kier molecular flexibility index (Phi) is 5.75. The fourth-order valence-corrected chi connectivity index (χ4v) is 3.61. The maximum atomic E-state index is 12.4. The predicted octanol–water partition coefficient (Wildman–Crippen LogP) is 1.86. The van der Waals surface area contributed by atoms with E-state index in [9.17, 15) is 14.4 Å². The number of amides is 3. The Hall–Kier alpha value is -2.57. The number of likely N-dealkylation sites (tertiary alicyclic amines) is 1. The molecule has 1 aromatic carbocycles. The van der Waals surface area contributed by atoms with Gasteiger partial charge in [0.05, 0.1) is 5.92 Å². The maximum Gasteiger partial charge on any atom is 0.317 e. The number of benzene rings is 1. The van der Waals surface area contributed by atoms with E-state index >= 15 is 0 Å². The van der Waals surface area contributed by atoms with Crippen molar-refractivity contribution in [2.24, 2.45) is 5.92 Å². The van der Waals surface area contributed by atoms with Crippen LogP contribution < -0.4 is 10.2 Å². The quantitative estimate of drug-likeness (QED) is 0.785. The number of urea groups is 1. The molecule has 2 aliphatic heterocycles. The molecular formula is C19H25N3O4. The fourth-order valence-electron chi connectivity index (χ4n) is 3.61. The van der Waals surface area contributed by atoms with E-state index in [4.69, 9.17) is 5.11 Å². The van der Waals surface area contributed by atoms with E-state index in [-0.39, 0.29) is 17.9 Å². The molecule has 2 heterocycles. The highest BCUT2D eigenvalue weighted by atomic mass is 16.4. The number of piperidine rings is 1. The number of anilines is 1. The molecule has 0 atom stereocenters. The molecular weight excluding hydrogens is 334 g/mol. The number of rotatable bonds is 5. The first-order valence-electron chi connectivity index (χ1n) is 9.20. The summed E-state index contributed by atoms with van der Waals surface area (Å²) in [7, 11) is 0. The lowest BCUT2D eigenvalue weighted by Gasteiger charge is -2.30. The van der Waals surface area contributed by atoms with Crippen LogP contribution in [0, 0.1) is 5.92 Å². The highest BCUT2D eigenvalue weighted by molar-refractivity contribution is 5.95. The molecule has 2 N–H and O–H groups in total. The smallest absolute Gasteiger partial charge is 0.317 e. The van der Waals surface area contributed by atoms with Gasteiger partial charge in [0.1, 0.15) is 0 Å². The Morgan fingerprint density at radius 1 is 1.12 bits per heavy atom. The number of carbonyl (C=O) groups excluding carboxylic acids is 2. The lowest BCUT2D eigenvalue weighted by Crippen LogP contribution is -2.45. The zero-order valence-corrected chi connectivity index (χ0v) is 14.8. The molecule has 7 heteroatoms. The fraction of sp³-hybridized carbons (Fsp3) is 0.526. The number of nitrogens with zero attached hydrogens (tertiary/aromatic N) is 2. The van der Waals surface area contributed by atoms with Crippen LogP contribution in [0.1, 0.15) is 31.2 Å². The van der Waals surface area contributed by atoms with E-state index in [0.717, 1.165) is 18.7 Å². The number of hydrogen-bond acceptors (Lipinski definition) is 3. The molecule has 2 aliphatic rings. The Morgan fingerprint density at radius 3 is 2.58 bits per heavy atom. The maximum absolute atomic E-state index is 12.4. The lowest BCUT2D eigenvalue weighted by molar-refractivity contribution is -0.143. The Bertz CT molecular complexity index is 683. The minimum absolute atomic E-state index is 0.0893. The number of carboxylic acid groups (broad SMARTS) is 1. The Morgan fingerprint density at radius 2 is 1.85 bits per heavy atom. The molecule has 0 aromatic heterocycles. The monoisotopic (exact) mass is 359 g/mol. The SMILES string of the molecule is O=C(O)C1CCN(C(=O)NCCCC(=O)N2CCc3ccccc32)CC1. The van der Waals surface area contributed by atoms with Gasteiger partial charge in [0, 0.05) is 38.3 Å². The average Bonchev–Trinajstić information content (AvgIpc) is 3.09. The second-order valence-electron chi connectivity index (χ2n) is 6.86. The Labute approximate surface area is 153 Å². The van der Waals surface area contributed by atoms with Gasteiger partial charge in [-0.15, -0.1) is 0 Å². The van der Waals surface area contributed by atoms with E-state index in [2.05, 4.69) is 11.4 Å². The van der Waals surface area contributed by atoms with Crippen molar-refractivity contribution >= 4 is 23.6 Å². The minimum atomic E-state index is -0.785. The van der Waals surface area contributed by atoms with Crippen LogP contribution in [0.25, 0.3) is 0 Å². The second-order valence-corrected chi connectivity index (χ2v) is 6.86. The molecule has 1 fully saturated rings. The zero-order valence-electron chi connectivity index (χ0n) is 14.8. The van der Waals surface area contributed by atoms with Crippen LogP contribution in [0.3, 0.4) is 0 Å². The van der Waals surface area contributed by atoms with Crippen LogP contribution in [-0.4, -0.2) is 54.1 Å². The van der Waals surface area contributed by atoms with Crippen molar-refractivity contribution in [2.75, 3.05) is 31.1 Å². The molecule has 1 saturated heterocycles.